The molecular formula is C19H29IN6OS. The molecule has 28 heavy (non-hydrogen) atoms. The predicted molar refractivity (Wildman–Crippen MR) is 127 cm³/mol. The number of likely N-dealkylation sites (tertiary alicyclic amines) is 1. The number of nitrogens with zero attached hydrogens (tertiary/aromatic N) is 4. The number of para-hydroxylation sites is 1. The molecule has 1 unspecified atom stereocenters. The van der Waals surface area contributed by atoms with Crippen LogP contribution in [0.4, 0.5) is 5.13 Å². The lowest BCUT2D eigenvalue weighted by Gasteiger charge is -2.32. The van der Waals surface area contributed by atoms with E-state index in [2.05, 4.69) is 48.6 Å². The van der Waals surface area contributed by atoms with Gasteiger partial charge in [-0.05, 0) is 18.6 Å². The number of nitrogens with one attached hydrogen (secondary N) is 2. The quantitative estimate of drug-likeness (QED) is 0.275. The zero-order valence-corrected chi connectivity index (χ0v) is 19.4. The maximum Gasteiger partial charge on any atom is 0.193 e. The van der Waals surface area contributed by atoms with Gasteiger partial charge in [-0.15, -0.1) is 24.0 Å². The average molecular weight is 516 g/mol. The minimum Gasteiger partial charge on any atom is -0.379 e. The molecule has 0 aliphatic carbocycles. The number of thiazole rings is 1. The van der Waals surface area contributed by atoms with E-state index >= 15 is 0 Å². The van der Waals surface area contributed by atoms with Gasteiger partial charge in [-0.25, -0.2) is 4.98 Å². The second-order valence-electron chi connectivity index (χ2n) is 6.92. The molecule has 4 rings (SSSR count). The number of ether oxygens (including phenoxy) is 1. The molecule has 0 radical (unpaired) electrons. The number of hydrogen-bond donors (Lipinski definition) is 2. The van der Waals surface area contributed by atoms with Crippen LogP contribution in [0.25, 0.3) is 10.2 Å². The highest BCUT2D eigenvalue weighted by Gasteiger charge is 2.30. The highest BCUT2D eigenvalue weighted by molar-refractivity contribution is 14.0. The van der Waals surface area contributed by atoms with Crippen LogP contribution >= 0.6 is 35.3 Å². The van der Waals surface area contributed by atoms with Crippen LogP contribution in [0.1, 0.15) is 6.42 Å². The topological polar surface area (TPSA) is 65.0 Å². The third-order valence-corrected chi connectivity index (χ3v) is 6.21. The lowest BCUT2D eigenvalue weighted by Crippen LogP contribution is -2.47. The van der Waals surface area contributed by atoms with Gasteiger partial charge in [0.15, 0.2) is 11.1 Å². The van der Waals surface area contributed by atoms with Crippen LogP contribution in [-0.4, -0.2) is 86.3 Å². The molecule has 9 heteroatoms. The summed E-state index contributed by atoms with van der Waals surface area (Å²) in [6, 6.07) is 8.85. The molecule has 2 aliphatic rings. The van der Waals surface area contributed by atoms with Gasteiger partial charge in [0.1, 0.15) is 0 Å². The first kappa shape index (κ1) is 21.5. The first-order valence-corrected chi connectivity index (χ1v) is 10.5. The predicted octanol–water partition coefficient (Wildman–Crippen LogP) is 2.31. The van der Waals surface area contributed by atoms with Crippen molar-refractivity contribution >= 4 is 56.6 Å². The molecule has 3 heterocycles. The van der Waals surface area contributed by atoms with Crippen molar-refractivity contribution in [2.24, 2.45) is 4.99 Å². The third-order valence-electron chi connectivity index (χ3n) is 5.22. The van der Waals surface area contributed by atoms with Gasteiger partial charge in [0.25, 0.3) is 0 Å². The second-order valence-corrected chi connectivity index (χ2v) is 7.96. The van der Waals surface area contributed by atoms with Crippen molar-refractivity contribution < 1.29 is 4.74 Å². The number of anilines is 1. The first-order chi connectivity index (χ1) is 13.3. The number of fused-ring (bicyclic) bond motifs is 1. The van der Waals surface area contributed by atoms with E-state index in [0.29, 0.717) is 6.04 Å². The molecule has 0 amide bonds. The fourth-order valence-electron chi connectivity index (χ4n) is 3.80. The molecule has 2 aromatic rings. The molecule has 2 N–H and O–H groups in total. The fourth-order valence-corrected chi connectivity index (χ4v) is 4.69. The lowest BCUT2D eigenvalue weighted by atomic mass is 10.2. The second kappa shape index (κ2) is 10.6. The van der Waals surface area contributed by atoms with E-state index in [-0.39, 0.29) is 24.0 Å². The standard InChI is InChI=1S/C19H28N6OS.HI/c1-20-18(25-9-6-15(14-25)24-10-12-26-13-11-24)21-7-8-22-19-23-16-4-2-3-5-17(16)27-19;/h2-5,15H,6-14H2,1H3,(H,20,21)(H,22,23);1H. The fraction of sp³-hybridized carbons (Fsp3) is 0.579. The Morgan fingerprint density at radius 3 is 2.86 bits per heavy atom. The molecule has 7 nitrogen and oxygen atoms in total. The summed E-state index contributed by atoms with van der Waals surface area (Å²) < 4.78 is 6.69. The van der Waals surface area contributed by atoms with Crippen LogP contribution < -0.4 is 10.6 Å². The Bertz CT molecular complexity index is 746. The molecule has 2 aliphatic heterocycles. The van der Waals surface area contributed by atoms with Crippen molar-refractivity contribution in [3.05, 3.63) is 24.3 Å². The Kier molecular flexibility index (Phi) is 8.12. The Balaban J connectivity index is 0.00000225. The Hall–Kier alpha value is -1.17. The number of aliphatic imine (C=N–C) groups is 1. The first-order valence-electron chi connectivity index (χ1n) is 9.70. The number of benzene rings is 1. The number of rotatable bonds is 5. The van der Waals surface area contributed by atoms with Crippen molar-refractivity contribution in [3.8, 4) is 0 Å². The molecule has 154 valence electrons. The van der Waals surface area contributed by atoms with Crippen LogP contribution in [-0.2, 0) is 4.74 Å². The molecule has 1 atom stereocenters. The summed E-state index contributed by atoms with van der Waals surface area (Å²) in [7, 11) is 1.87. The molecular weight excluding hydrogens is 487 g/mol. The van der Waals surface area contributed by atoms with Crippen LogP contribution in [0.5, 0.6) is 0 Å². The summed E-state index contributed by atoms with van der Waals surface area (Å²) in [5.41, 5.74) is 1.06. The van der Waals surface area contributed by atoms with Crippen molar-refractivity contribution in [2.45, 2.75) is 12.5 Å². The highest BCUT2D eigenvalue weighted by atomic mass is 127. The zero-order valence-electron chi connectivity index (χ0n) is 16.3. The average Bonchev–Trinajstić information content (AvgIpc) is 3.35. The maximum absolute atomic E-state index is 5.47. The summed E-state index contributed by atoms with van der Waals surface area (Å²) in [5, 5.41) is 7.87. The van der Waals surface area contributed by atoms with Gasteiger partial charge < -0.3 is 20.3 Å². The number of halogens is 1. The van der Waals surface area contributed by atoms with E-state index < -0.39 is 0 Å². The number of aromatic nitrogens is 1. The van der Waals surface area contributed by atoms with E-state index in [1.807, 2.05) is 13.1 Å². The molecule has 0 bridgehead atoms. The Morgan fingerprint density at radius 2 is 2.07 bits per heavy atom. The highest BCUT2D eigenvalue weighted by Crippen LogP contribution is 2.25. The third kappa shape index (κ3) is 5.25. The molecule has 2 saturated heterocycles. The number of morpholine rings is 1. The van der Waals surface area contributed by atoms with Gasteiger partial charge in [0.05, 0.1) is 23.4 Å². The summed E-state index contributed by atoms with van der Waals surface area (Å²) in [4.78, 5) is 14.0. The molecule has 0 saturated carbocycles. The van der Waals surface area contributed by atoms with Crippen molar-refractivity contribution in [3.63, 3.8) is 0 Å². The van der Waals surface area contributed by atoms with Crippen molar-refractivity contribution in [2.75, 3.05) is 64.8 Å². The van der Waals surface area contributed by atoms with Gasteiger partial charge in [0.2, 0.25) is 0 Å². The van der Waals surface area contributed by atoms with Gasteiger partial charge in [-0.3, -0.25) is 9.89 Å². The van der Waals surface area contributed by atoms with Gasteiger partial charge in [0, 0.05) is 52.4 Å². The molecule has 1 aromatic carbocycles. The normalized spacial score (nSPS) is 21.0. The smallest absolute Gasteiger partial charge is 0.193 e. The van der Waals surface area contributed by atoms with Crippen LogP contribution in [0.3, 0.4) is 0 Å². The van der Waals surface area contributed by atoms with E-state index in [0.717, 1.165) is 69.1 Å². The molecule has 1 aromatic heterocycles. The van der Waals surface area contributed by atoms with Crippen molar-refractivity contribution in [1.29, 1.82) is 0 Å². The van der Waals surface area contributed by atoms with E-state index in [9.17, 15) is 0 Å². The minimum absolute atomic E-state index is 0. The zero-order chi connectivity index (χ0) is 18.5. The SMILES string of the molecule is CN=C(NCCNc1nc2ccccc2s1)N1CCC(N2CCOCC2)C1.I. The van der Waals surface area contributed by atoms with E-state index in [4.69, 9.17) is 4.74 Å². The molecule has 2 fully saturated rings. The number of guanidine groups is 1. The van der Waals surface area contributed by atoms with Crippen LogP contribution in [0.2, 0.25) is 0 Å². The Morgan fingerprint density at radius 1 is 1.25 bits per heavy atom. The molecule has 0 spiro atoms. The number of hydrogen-bond acceptors (Lipinski definition) is 6. The van der Waals surface area contributed by atoms with Crippen LogP contribution in [0, 0.1) is 0 Å². The summed E-state index contributed by atoms with van der Waals surface area (Å²) >= 11 is 1.70. The largest absolute Gasteiger partial charge is 0.379 e. The summed E-state index contributed by atoms with van der Waals surface area (Å²) in [6.07, 6.45) is 1.20. The maximum atomic E-state index is 5.47. The van der Waals surface area contributed by atoms with Gasteiger partial charge in [-0.1, -0.05) is 23.5 Å². The van der Waals surface area contributed by atoms with Crippen LogP contribution in [0.15, 0.2) is 29.3 Å². The van der Waals surface area contributed by atoms with Gasteiger partial charge >= 0.3 is 0 Å². The van der Waals surface area contributed by atoms with Crippen molar-refractivity contribution in [1.82, 2.24) is 20.1 Å². The monoisotopic (exact) mass is 516 g/mol. The minimum atomic E-state index is 0. The van der Waals surface area contributed by atoms with E-state index in [1.165, 1.54) is 11.1 Å². The van der Waals surface area contributed by atoms with Gasteiger partial charge in [-0.2, -0.15) is 0 Å². The summed E-state index contributed by atoms with van der Waals surface area (Å²) in [5.74, 6) is 0.997. The lowest BCUT2D eigenvalue weighted by molar-refractivity contribution is 0.0195. The van der Waals surface area contributed by atoms with E-state index in [1.54, 1.807) is 11.3 Å². The Labute approximate surface area is 187 Å². The summed E-state index contributed by atoms with van der Waals surface area (Å²) in [6.45, 7) is 7.58.